The maximum Gasteiger partial charge on any atom is 0.146 e. The quantitative estimate of drug-likeness (QED) is 0.567. The summed E-state index contributed by atoms with van der Waals surface area (Å²) in [6.45, 7) is 0. The molecule has 0 atom stereocenters. The third kappa shape index (κ3) is 3.54. The predicted molar refractivity (Wildman–Crippen MR) is 89.3 cm³/mol. The zero-order chi connectivity index (χ0) is 14.3. The zero-order valence-corrected chi connectivity index (χ0v) is 11.5. The Labute approximate surface area is 123 Å². The van der Waals surface area contributed by atoms with Gasteiger partial charge >= 0.3 is 0 Å². The summed E-state index contributed by atoms with van der Waals surface area (Å²) in [7, 11) is 0. The highest BCUT2D eigenvalue weighted by Gasteiger charge is 1.95. The number of para-hydroxylation sites is 1. The van der Waals surface area contributed by atoms with Gasteiger partial charge in [-0.1, -0.05) is 54.6 Å². The molecule has 1 aromatic heterocycles. The lowest BCUT2D eigenvalue weighted by Crippen LogP contribution is -1.92. The minimum absolute atomic E-state index is 0.734. The van der Waals surface area contributed by atoms with Crippen molar-refractivity contribution in [3.63, 3.8) is 0 Å². The summed E-state index contributed by atoms with van der Waals surface area (Å²) in [4.78, 5) is 4.48. The highest BCUT2D eigenvalue weighted by molar-refractivity contribution is 5.81. The van der Waals surface area contributed by atoms with Crippen molar-refractivity contribution >= 4 is 29.0 Å². The first-order chi connectivity index (χ1) is 10.4. The number of hydrazone groups is 1. The van der Waals surface area contributed by atoms with Crippen LogP contribution in [0.3, 0.4) is 0 Å². The van der Waals surface area contributed by atoms with Gasteiger partial charge in [-0.3, -0.25) is 5.43 Å². The standard InChI is InChI=1S/C18H15N3/c1-2-7-15(8-3-1)9-6-14-19-21-18-13-12-16-10-4-5-11-17(16)20-18/h1-14H,(H,20,21). The van der Waals surface area contributed by atoms with Crippen molar-refractivity contribution in [3.8, 4) is 0 Å². The van der Waals surface area contributed by atoms with Gasteiger partial charge in [0, 0.05) is 11.6 Å². The van der Waals surface area contributed by atoms with Gasteiger partial charge in [0.1, 0.15) is 5.82 Å². The second-order valence-electron chi connectivity index (χ2n) is 4.55. The molecule has 0 unspecified atom stereocenters. The molecule has 102 valence electrons. The van der Waals surface area contributed by atoms with Crippen LogP contribution in [-0.4, -0.2) is 11.2 Å². The normalized spacial score (nSPS) is 11.4. The molecule has 1 heterocycles. The monoisotopic (exact) mass is 273 g/mol. The fourth-order valence-electron chi connectivity index (χ4n) is 1.99. The third-order valence-electron chi connectivity index (χ3n) is 3.03. The lowest BCUT2D eigenvalue weighted by Gasteiger charge is -2.01. The summed E-state index contributed by atoms with van der Waals surface area (Å²) in [5.74, 6) is 0.734. The van der Waals surface area contributed by atoms with Crippen molar-refractivity contribution in [3.05, 3.63) is 78.4 Å². The van der Waals surface area contributed by atoms with E-state index in [0.29, 0.717) is 0 Å². The minimum atomic E-state index is 0.734. The van der Waals surface area contributed by atoms with Crippen LogP contribution in [0.4, 0.5) is 5.82 Å². The fraction of sp³-hybridized carbons (Fsp3) is 0. The summed E-state index contributed by atoms with van der Waals surface area (Å²) < 4.78 is 0. The molecule has 1 N–H and O–H groups in total. The number of nitrogens with zero attached hydrogens (tertiary/aromatic N) is 2. The van der Waals surface area contributed by atoms with Crippen LogP contribution in [-0.2, 0) is 0 Å². The van der Waals surface area contributed by atoms with Crippen molar-refractivity contribution < 1.29 is 0 Å². The van der Waals surface area contributed by atoms with E-state index in [-0.39, 0.29) is 0 Å². The molecule has 3 aromatic rings. The summed E-state index contributed by atoms with van der Waals surface area (Å²) in [5, 5.41) is 5.26. The molecule has 3 heteroatoms. The van der Waals surface area contributed by atoms with E-state index in [1.165, 1.54) is 0 Å². The highest BCUT2D eigenvalue weighted by atomic mass is 15.3. The Kier molecular flexibility index (Phi) is 4.03. The largest absolute Gasteiger partial charge is 0.261 e. The van der Waals surface area contributed by atoms with E-state index in [2.05, 4.69) is 15.5 Å². The molecule has 0 saturated heterocycles. The number of fused-ring (bicyclic) bond motifs is 1. The smallest absolute Gasteiger partial charge is 0.146 e. The first kappa shape index (κ1) is 13.1. The van der Waals surface area contributed by atoms with Crippen LogP contribution in [0.25, 0.3) is 17.0 Å². The molecule has 0 fully saturated rings. The van der Waals surface area contributed by atoms with E-state index in [0.717, 1.165) is 22.3 Å². The molecule has 3 nitrogen and oxygen atoms in total. The highest BCUT2D eigenvalue weighted by Crippen LogP contribution is 2.14. The molecular weight excluding hydrogens is 258 g/mol. The lowest BCUT2D eigenvalue weighted by atomic mass is 10.2. The fourth-order valence-corrected chi connectivity index (χ4v) is 1.99. The summed E-state index contributed by atoms with van der Waals surface area (Å²) in [6.07, 6.45) is 5.60. The third-order valence-corrected chi connectivity index (χ3v) is 3.03. The number of hydrogen-bond donors (Lipinski definition) is 1. The molecule has 0 aliphatic rings. The number of aromatic nitrogens is 1. The zero-order valence-electron chi connectivity index (χ0n) is 11.5. The van der Waals surface area contributed by atoms with E-state index in [1.807, 2.05) is 78.9 Å². The van der Waals surface area contributed by atoms with Crippen LogP contribution in [0.5, 0.6) is 0 Å². The van der Waals surface area contributed by atoms with Crippen LogP contribution < -0.4 is 5.43 Å². The first-order valence-electron chi connectivity index (χ1n) is 6.78. The van der Waals surface area contributed by atoms with Gasteiger partial charge in [-0.15, -0.1) is 0 Å². The molecule has 0 saturated carbocycles. The molecule has 0 aliphatic carbocycles. The average Bonchev–Trinajstić information content (AvgIpc) is 2.55. The molecule has 0 radical (unpaired) electrons. The molecule has 3 rings (SSSR count). The van der Waals surface area contributed by atoms with Gasteiger partial charge in [0.25, 0.3) is 0 Å². The molecule has 2 aromatic carbocycles. The van der Waals surface area contributed by atoms with Crippen molar-refractivity contribution in [2.24, 2.45) is 5.10 Å². The van der Waals surface area contributed by atoms with Gasteiger partial charge in [-0.05, 0) is 29.8 Å². The molecule has 0 spiro atoms. The number of anilines is 1. The number of hydrogen-bond acceptors (Lipinski definition) is 3. The second kappa shape index (κ2) is 6.48. The Bertz CT molecular complexity index is 777. The van der Waals surface area contributed by atoms with Gasteiger partial charge < -0.3 is 0 Å². The van der Waals surface area contributed by atoms with Crippen molar-refractivity contribution in [1.82, 2.24) is 4.98 Å². The number of nitrogens with one attached hydrogen (secondary N) is 1. The molecule has 0 aliphatic heterocycles. The van der Waals surface area contributed by atoms with Crippen molar-refractivity contribution in [2.45, 2.75) is 0 Å². The molecule has 0 amide bonds. The van der Waals surface area contributed by atoms with Crippen LogP contribution in [0.15, 0.2) is 77.9 Å². The Hall–Kier alpha value is -2.94. The number of rotatable bonds is 4. The van der Waals surface area contributed by atoms with Gasteiger partial charge in [0.05, 0.1) is 5.52 Å². The Morgan fingerprint density at radius 3 is 2.57 bits per heavy atom. The van der Waals surface area contributed by atoms with E-state index < -0.39 is 0 Å². The van der Waals surface area contributed by atoms with Gasteiger partial charge in [-0.25, -0.2) is 4.98 Å². The van der Waals surface area contributed by atoms with E-state index in [1.54, 1.807) is 6.21 Å². The Morgan fingerprint density at radius 2 is 1.67 bits per heavy atom. The Balaban J connectivity index is 1.63. The van der Waals surface area contributed by atoms with E-state index >= 15 is 0 Å². The maximum atomic E-state index is 4.48. The topological polar surface area (TPSA) is 37.3 Å². The lowest BCUT2D eigenvalue weighted by molar-refractivity contribution is 1.27. The summed E-state index contributed by atoms with van der Waals surface area (Å²) in [6, 6.07) is 22.1. The number of benzene rings is 2. The van der Waals surface area contributed by atoms with Crippen LogP contribution in [0.1, 0.15) is 5.56 Å². The summed E-state index contributed by atoms with van der Waals surface area (Å²) >= 11 is 0. The van der Waals surface area contributed by atoms with Gasteiger partial charge in [-0.2, -0.15) is 5.10 Å². The molecule has 21 heavy (non-hydrogen) atoms. The van der Waals surface area contributed by atoms with Gasteiger partial charge in [0.15, 0.2) is 0 Å². The summed E-state index contributed by atoms with van der Waals surface area (Å²) in [5.41, 5.74) is 5.03. The minimum Gasteiger partial charge on any atom is -0.261 e. The van der Waals surface area contributed by atoms with Crippen LogP contribution in [0.2, 0.25) is 0 Å². The average molecular weight is 273 g/mol. The van der Waals surface area contributed by atoms with Crippen LogP contribution in [0, 0.1) is 0 Å². The Morgan fingerprint density at radius 1 is 0.857 bits per heavy atom. The van der Waals surface area contributed by atoms with E-state index in [9.17, 15) is 0 Å². The number of pyridine rings is 1. The predicted octanol–water partition coefficient (Wildman–Crippen LogP) is 4.35. The first-order valence-corrected chi connectivity index (χ1v) is 6.78. The van der Waals surface area contributed by atoms with Crippen molar-refractivity contribution in [1.29, 1.82) is 0 Å². The van der Waals surface area contributed by atoms with Crippen molar-refractivity contribution in [2.75, 3.05) is 5.43 Å². The molecular formula is C18H15N3. The second-order valence-corrected chi connectivity index (χ2v) is 4.55. The molecule has 0 bridgehead atoms. The van der Waals surface area contributed by atoms with Gasteiger partial charge in [0.2, 0.25) is 0 Å². The maximum absolute atomic E-state index is 4.48. The number of allylic oxidation sites excluding steroid dienone is 1. The van der Waals surface area contributed by atoms with E-state index in [4.69, 9.17) is 0 Å². The van der Waals surface area contributed by atoms with Crippen LogP contribution >= 0.6 is 0 Å². The SMILES string of the molecule is C(=Cc1ccccc1)C=NNc1ccc2ccccc2n1.